The number of carbonyl (C=O) groups is 1. The van der Waals surface area contributed by atoms with E-state index >= 15 is 0 Å². The number of urea groups is 1. The predicted octanol–water partition coefficient (Wildman–Crippen LogP) is 5.35. The van der Waals surface area contributed by atoms with Crippen LogP contribution >= 0.6 is 11.6 Å². The maximum Gasteiger partial charge on any atom is 0.323 e. The molecular formula is C23H22ClN3O3S. The summed E-state index contributed by atoms with van der Waals surface area (Å²) >= 11 is 6.11. The van der Waals surface area contributed by atoms with E-state index in [0.717, 1.165) is 16.7 Å². The molecule has 0 radical (unpaired) electrons. The minimum Gasteiger partial charge on any atom is -0.308 e. The van der Waals surface area contributed by atoms with E-state index in [9.17, 15) is 13.2 Å². The van der Waals surface area contributed by atoms with Crippen LogP contribution in [0.3, 0.4) is 0 Å². The van der Waals surface area contributed by atoms with E-state index < -0.39 is 16.1 Å². The normalized spacial score (nSPS) is 13.1. The van der Waals surface area contributed by atoms with Gasteiger partial charge in [-0.2, -0.15) is 0 Å². The van der Waals surface area contributed by atoms with E-state index in [4.69, 9.17) is 11.6 Å². The summed E-state index contributed by atoms with van der Waals surface area (Å²) in [7, 11) is -3.68. The molecule has 0 atom stereocenters. The minimum absolute atomic E-state index is 0.248. The second-order valence-corrected chi connectivity index (χ2v) is 9.80. The van der Waals surface area contributed by atoms with Crippen molar-refractivity contribution in [3.05, 3.63) is 82.4 Å². The van der Waals surface area contributed by atoms with Gasteiger partial charge >= 0.3 is 6.03 Å². The number of benzene rings is 3. The Bertz CT molecular complexity index is 1260. The fourth-order valence-corrected chi connectivity index (χ4v) is 5.15. The lowest BCUT2D eigenvalue weighted by atomic mass is 10.1. The van der Waals surface area contributed by atoms with Gasteiger partial charge in [0.1, 0.15) is 0 Å². The standard InChI is InChI=1S/C23H22ClN3O3S/c1-15-3-9-20(10-4-15)31(29,30)27-12-11-17-6-8-19(14-22(17)27)26-23(28)25-18-7-5-16(2)21(24)13-18/h3-10,13-14H,11-12H2,1-2H3,(H2,25,26,28). The fraction of sp³-hybridized carbons (Fsp3) is 0.174. The summed E-state index contributed by atoms with van der Waals surface area (Å²) in [5.74, 6) is 0. The lowest BCUT2D eigenvalue weighted by Crippen LogP contribution is -2.29. The van der Waals surface area contributed by atoms with Gasteiger partial charge in [-0.1, -0.05) is 41.4 Å². The van der Waals surface area contributed by atoms with Crippen LogP contribution in [0.5, 0.6) is 0 Å². The Morgan fingerprint density at radius 1 is 0.935 bits per heavy atom. The van der Waals surface area contributed by atoms with Crippen molar-refractivity contribution in [1.82, 2.24) is 0 Å². The van der Waals surface area contributed by atoms with Crippen LogP contribution in [0.15, 0.2) is 65.6 Å². The molecule has 0 aromatic heterocycles. The maximum atomic E-state index is 13.2. The molecule has 3 aromatic rings. The first-order chi connectivity index (χ1) is 14.7. The number of sulfonamides is 1. The Morgan fingerprint density at radius 2 is 1.58 bits per heavy atom. The third-order valence-electron chi connectivity index (χ3n) is 5.23. The zero-order valence-corrected chi connectivity index (χ0v) is 18.7. The average molecular weight is 456 g/mol. The van der Waals surface area contributed by atoms with Gasteiger partial charge in [0.2, 0.25) is 0 Å². The van der Waals surface area contributed by atoms with Crippen LogP contribution in [0.2, 0.25) is 5.02 Å². The highest BCUT2D eigenvalue weighted by Crippen LogP contribution is 2.35. The molecule has 0 saturated heterocycles. The minimum atomic E-state index is -3.68. The fourth-order valence-electron chi connectivity index (χ4n) is 3.48. The number of nitrogens with one attached hydrogen (secondary N) is 2. The van der Waals surface area contributed by atoms with E-state index in [0.29, 0.717) is 35.1 Å². The number of fused-ring (bicyclic) bond motifs is 1. The summed E-state index contributed by atoms with van der Waals surface area (Å²) in [4.78, 5) is 12.7. The van der Waals surface area contributed by atoms with Gasteiger partial charge < -0.3 is 10.6 Å². The van der Waals surface area contributed by atoms with Gasteiger partial charge in [0.25, 0.3) is 10.0 Å². The van der Waals surface area contributed by atoms with Gasteiger partial charge in [-0.25, -0.2) is 13.2 Å². The van der Waals surface area contributed by atoms with Gasteiger partial charge in [0, 0.05) is 22.9 Å². The second-order valence-electron chi connectivity index (χ2n) is 7.53. The molecule has 31 heavy (non-hydrogen) atoms. The van der Waals surface area contributed by atoms with Crippen molar-refractivity contribution in [2.24, 2.45) is 0 Å². The zero-order valence-electron chi connectivity index (χ0n) is 17.1. The van der Waals surface area contributed by atoms with Gasteiger partial charge in [-0.15, -0.1) is 0 Å². The number of halogens is 1. The number of anilines is 3. The van der Waals surface area contributed by atoms with Crippen molar-refractivity contribution in [1.29, 1.82) is 0 Å². The number of amides is 2. The van der Waals surface area contributed by atoms with Crippen LogP contribution in [0.1, 0.15) is 16.7 Å². The van der Waals surface area contributed by atoms with E-state index in [1.165, 1.54) is 4.31 Å². The van der Waals surface area contributed by atoms with Crippen molar-refractivity contribution >= 4 is 44.7 Å². The molecule has 160 valence electrons. The molecule has 2 N–H and O–H groups in total. The van der Waals surface area contributed by atoms with E-state index in [2.05, 4.69) is 10.6 Å². The van der Waals surface area contributed by atoms with E-state index in [-0.39, 0.29) is 4.90 Å². The number of hydrogen-bond donors (Lipinski definition) is 2. The molecular weight excluding hydrogens is 434 g/mol. The summed E-state index contributed by atoms with van der Waals surface area (Å²) in [6.45, 7) is 4.16. The monoisotopic (exact) mass is 455 g/mol. The molecule has 0 saturated carbocycles. The SMILES string of the molecule is Cc1ccc(S(=O)(=O)N2CCc3ccc(NC(=O)Nc4ccc(C)c(Cl)c4)cc32)cc1. The smallest absolute Gasteiger partial charge is 0.308 e. The summed E-state index contributed by atoms with van der Waals surface area (Å²) in [5.41, 5.74) is 4.48. The van der Waals surface area contributed by atoms with Gasteiger partial charge in [0.15, 0.2) is 0 Å². The summed E-state index contributed by atoms with van der Waals surface area (Å²) < 4.78 is 27.7. The van der Waals surface area contributed by atoms with Crippen LogP contribution in [0.4, 0.5) is 21.9 Å². The van der Waals surface area contributed by atoms with Crippen molar-refractivity contribution in [3.63, 3.8) is 0 Å². The quantitative estimate of drug-likeness (QED) is 0.556. The third-order valence-corrected chi connectivity index (χ3v) is 7.47. The summed E-state index contributed by atoms with van der Waals surface area (Å²) in [6.07, 6.45) is 0.620. The molecule has 2 amide bonds. The number of aryl methyl sites for hydroxylation is 2. The van der Waals surface area contributed by atoms with Crippen LogP contribution in [-0.2, 0) is 16.4 Å². The van der Waals surface area contributed by atoms with Crippen molar-refractivity contribution < 1.29 is 13.2 Å². The first-order valence-corrected chi connectivity index (χ1v) is 11.6. The zero-order chi connectivity index (χ0) is 22.2. The molecule has 0 spiro atoms. The van der Waals surface area contributed by atoms with Crippen molar-refractivity contribution in [2.45, 2.75) is 25.2 Å². The highest BCUT2D eigenvalue weighted by Gasteiger charge is 2.31. The molecule has 0 fully saturated rings. The van der Waals surface area contributed by atoms with Gasteiger partial charge in [0.05, 0.1) is 10.6 Å². The highest BCUT2D eigenvalue weighted by atomic mass is 35.5. The first kappa shape index (κ1) is 21.2. The molecule has 8 heteroatoms. The largest absolute Gasteiger partial charge is 0.323 e. The molecule has 1 aliphatic rings. The molecule has 0 bridgehead atoms. The van der Waals surface area contributed by atoms with Gasteiger partial charge in [-0.05, 0) is 67.8 Å². The van der Waals surface area contributed by atoms with E-state index in [1.807, 2.05) is 26.0 Å². The lowest BCUT2D eigenvalue weighted by molar-refractivity contribution is 0.262. The molecule has 4 rings (SSSR count). The second kappa shape index (κ2) is 8.24. The highest BCUT2D eigenvalue weighted by molar-refractivity contribution is 7.92. The predicted molar refractivity (Wildman–Crippen MR) is 125 cm³/mol. The third kappa shape index (κ3) is 4.38. The van der Waals surface area contributed by atoms with Crippen molar-refractivity contribution in [3.8, 4) is 0 Å². The number of nitrogens with zero attached hydrogens (tertiary/aromatic N) is 1. The van der Waals surface area contributed by atoms with Crippen LogP contribution in [0.25, 0.3) is 0 Å². The molecule has 1 heterocycles. The van der Waals surface area contributed by atoms with Gasteiger partial charge in [-0.3, -0.25) is 4.31 Å². The Labute approximate surface area is 186 Å². The molecule has 0 unspecified atom stereocenters. The molecule has 0 aliphatic carbocycles. The lowest BCUT2D eigenvalue weighted by Gasteiger charge is -2.20. The molecule has 1 aliphatic heterocycles. The van der Waals surface area contributed by atoms with Crippen LogP contribution in [-0.4, -0.2) is 21.0 Å². The number of rotatable bonds is 4. The Morgan fingerprint density at radius 3 is 2.26 bits per heavy atom. The molecule has 3 aromatic carbocycles. The molecule has 6 nitrogen and oxygen atoms in total. The summed E-state index contributed by atoms with van der Waals surface area (Å²) in [6, 6.07) is 16.9. The Hall–Kier alpha value is -3.03. The van der Waals surface area contributed by atoms with Crippen LogP contribution in [0, 0.1) is 13.8 Å². The van der Waals surface area contributed by atoms with Crippen molar-refractivity contribution in [2.75, 3.05) is 21.5 Å². The van der Waals surface area contributed by atoms with Crippen LogP contribution < -0.4 is 14.9 Å². The number of hydrogen-bond acceptors (Lipinski definition) is 3. The topological polar surface area (TPSA) is 78.5 Å². The van der Waals surface area contributed by atoms with E-state index in [1.54, 1.807) is 48.5 Å². The maximum absolute atomic E-state index is 13.2. The first-order valence-electron chi connectivity index (χ1n) is 9.80. The Kier molecular flexibility index (Phi) is 5.64. The Balaban J connectivity index is 1.54. The summed E-state index contributed by atoms with van der Waals surface area (Å²) in [5, 5.41) is 6.05. The number of carbonyl (C=O) groups excluding carboxylic acids is 1. The average Bonchev–Trinajstić information content (AvgIpc) is 3.15.